The summed E-state index contributed by atoms with van der Waals surface area (Å²) in [6, 6.07) is 0. The minimum Gasteiger partial charge on any atom is -0.381 e. The Bertz CT molecular complexity index is 455. The van der Waals surface area contributed by atoms with Crippen LogP contribution in [0, 0.1) is 5.92 Å². The number of hydrogen-bond donors (Lipinski definition) is 0. The summed E-state index contributed by atoms with van der Waals surface area (Å²) in [5.74, 6) is 0.0800. The summed E-state index contributed by atoms with van der Waals surface area (Å²) in [5.41, 5.74) is 0. The van der Waals surface area contributed by atoms with Crippen LogP contribution in [0.15, 0.2) is 0 Å². The van der Waals surface area contributed by atoms with Gasteiger partial charge in [-0.3, -0.25) is 4.79 Å². The zero-order valence-corrected chi connectivity index (χ0v) is 12.9. The van der Waals surface area contributed by atoms with Crippen molar-refractivity contribution >= 4 is 15.7 Å². The van der Waals surface area contributed by atoms with Gasteiger partial charge in [0.05, 0.1) is 12.4 Å². The Hall–Kier alpha value is -0.660. The molecule has 20 heavy (non-hydrogen) atoms. The van der Waals surface area contributed by atoms with Crippen LogP contribution in [-0.4, -0.2) is 69.2 Å². The average Bonchev–Trinajstić information content (AvgIpc) is 2.62. The summed E-state index contributed by atoms with van der Waals surface area (Å²) in [7, 11) is -3.13. The summed E-state index contributed by atoms with van der Waals surface area (Å²) in [4.78, 5) is 13.4. The first-order chi connectivity index (χ1) is 9.47. The molecular formula is C13H23NO5S. The molecule has 2 saturated heterocycles. The van der Waals surface area contributed by atoms with Gasteiger partial charge >= 0.3 is 0 Å². The van der Waals surface area contributed by atoms with Gasteiger partial charge in [0.25, 0.3) is 0 Å². The fourth-order valence-corrected chi connectivity index (χ4v) is 5.42. The lowest BCUT2D eigenvalue weighted by Gasteiger charge is -2.49. The van der Waals surface area contributed by atoms with E-state index in [2.05, 4.69) is 0 Å². The van der Waals surface area contributed by atoms with Gasteiger partial charge in [0, 0.05) is 32.2 Å². The molecule has 0 aromatic rings. The van der Waals surface area contributed by atoms with Gasteiger partial charge in [-0.1, -0.05) is 0 Å². The van der Waals surface area contributed by atoms with Gasteiger partial charge in [-0.2, -0.15) is 0 Å². The predicted octanol–water partition coefficient (Wildman–Crippen LogP) is 0.0751. The molecule has 1 atom stereocenters. The van der Waals surface area contributed by atoms with Gasteiger partial charge in [-0.15, -0.1) is 0 Å². The number of rotatable bonds is 6. The molecule has 0 aromatic carbocycles. The molecule has 2 aliphatic rings. The highest BCUT2D eigenvalue weighted by molar-refractivity contribution is 7.93. The molecule has 2 fully saturated rings. The number of ether oxygens (including phenoxy) is 2. The lowest BCUT2D eigenvalue weighted by Crippen LogP contribution is -2.69. The quantitative estimate of drug-likeness (QED) is 0.694. The van der Waals surface area contributed by atoms with E-state index in [1.165, 1.54) is 0 Å². The molecule has 0 saturated carbocycles. The van der Waals surface area contributed by atoms with Crippen LogP contribution in [0.25, 0.3) is 0 Å². The summed E-state index contributed by atoms with van der Waals surface area (Å²) < 4.78 is 34.3. The summed E-state index contributed by atoms with van der Waals surface area (Å²) in [5, 5.41) is 0. The lowest BCUT2D eigenvalue weighted by molar-refractivity contribution is -0.142. The zero-order chi connectivity index (χ0) is 14.8. The first-order valence-electron chi connectivity index (χ1n) is 7.12. The van der Waals surface area contributed by atoms with Crippen molar-refractivity contribution in [3.05, 3.63) is 0 Å². The first kappa shape index (κ1) is 15.7. The topological polar surface area (TPSA) is 72.9 Å². The van der Waals surface area contributed by atoms with E-state index in [1.807, 2.05) is 13.8 Å². The van der Waals surface area contributed by atoms with Crippen molar-refractivity contribution in [1.82, 2.24) is 4.90 Å². The number of sulfone groups is 1. The highest BCUT2D eigenvalue weighted by Crippen LogP contribution is 2.44. The molecule has 0 radical (unpaired) electrons. The molecule has 2 rings (SSSR count). The van der Waals surface area contributed by atoms with E-state index in [4.69, 9.17) is 9.47 Å². The number of carbonyl (C=O) groups is 1. The molecule has 0 bridgehead atoms. The van der Waals surface area contributed by atoms with Crippen LogP contribution in [0.4, 0.5) is 0 Å². The monoisotopic (exact) mass is 305 g/mol. The zero-order valence-electron chi connectivity index (χ0n) is 12.1. The van der Waals surface area contributed by atoms with Crippen molar-refractivity contribution in [1.29, 1.82) is 0 Å². The molecule has 1 amide bonds. The van der Waals surface area contributed by atoms with E-state index < -0.39 is 14.6 Å². The van der Waals surface area contributed by atoms with Crippen LogP contribution < -0.4 is 0 Å². The fraction of sp³-hybridized carbons (Fsp3) is 0.923. The average molecular weight is 305 g/mol. The van der Waals surface area contributed by atoms with Crippen molar-refractivity contribution < 1.29 is 22.7 Å². The minimum atomic E-state index is -3.13. The van der Waals surface area contributed by atoms with Crippen LogP contribution >= 0.6 is 0 Å². The van der Waals surface area contributed by atoms with Crippen molar-refractivity contribution in [3.8, 4) is 0 Å². The van der Waals surface area contributed by atoms with Crippen molar-refractivity contribution in [3.63, 3.8) is 0 Å². The third-order valence-corrected chi connectivity index (χ3v) is 6.92. The highest BCUT2D eigenvalue weighted by atomic mass is 32.2. The standard InChI is InChI=1S/C13H23NO5S/c1-3-18-7-11-5-6-20(16,17)13(11)9-14(10-13)12(15)8-19-4-2/h11H,3-10H2,1-2H3. The molecular weight excluding hydrogens is 282 g/mol. The predicted molar refractivity (Wildman–Crippen MR) is 74.2 cm³/mol. The molecule has 1 spiro atoms. The second kappa shape index (κ2) is 5.99. The highest BCUT2D eigenvalue weighted by Gasteiger charge is 2.62. The van der Waals surface area contributed by atoms with Gasteiger partial charge in [0.2, 0.25) is 5.91 Å². The van der Waals surface area contributed by atoms with E-state index in [-0.39, 0.29) is 24.2 Å². The van der Waals surface area contributed by atoms with Crippen molar-refractivity contribution in [2.45, 2.75) is 25.0 Å². The SMILES string of the molecule is CCOCC(=O)N1CC2(C1)C(COCC)CCS2(=O)=O. The van der Waals surface area contributed by atoms with Crippen LogP contribution in [0.5, 0.6) is 0 Å². The van der Waals surface area contributed by atoms with E-state index in [9.17, 15) is 13.2 Å². The van der Waals surface area contributed by atoms with Gasteiger partial charge in [-0.05, 0) is 20.3 Å². The van der Waals surface area contributed by atoms with Gasteiger partial charge in [0.1, 0.15) is 11.4 Å². The Balaban J connectivity index is 2.01. The Kier molecular flexibility index (Phi) is 4.71. The molecule has 2 heterocycles. The normalized spacial score (nSPS) is 26.7. The second-order valence-corrected chi connectivity index (χ2v) is 7.87. The third-order valence-electron chi connectivity index (χ3n) is 4.32. The maximum atomic E-state index is 12.3. The molecule has 116 valence electrons. The third kappa shape index (κ3) is 2.58. The van der Waals surface area contributed by atoms with Gasteiger partial charge in [-0.25, -0.2) is 8.42 Å². The Morgan fingerprint density at radius 2 is 1.90 bits per heavy atom. The number of likely N-dealkylation sites (tertiary alicyclic amines) is 1. The van der Waals surface area contributed by atoms with E-state index in [0.29, 0.717) is 39.3 Å². The van der Waals surface area contributed by atoms with Crippen LogP contribution in [0.2, 0.25) is 0 Å². The van der Waals surface area contributed by atoms with E-state index >= 15 is 0 Å². The number of amides is 1. The molecule has 0 N–H and O–H groups in total. The molecule has 2 aliphatic heterocycles. The fourth-order valence-electron chi connectivity index (χ4n) is 3.02. The smallest absolute Gasteiger partial charge is 0.248 e. The van der Waals surface area contributed by atoms with Crippen LogP contribution in [0.3, 0.4) is 0 Å². The Labute approximate surface area is 120 Å². The molecule has 1 unspecified atom stereocenters. The first-order valence-corrected chi connectivity index (χ1v) is 8.77. The largest absolute Gasteiger partial charge is 0.381 e. The van der Waals surface area contributed by atoms with E-state index in [1.54, 1.807) is 4.90 Å². The van der Waals surface area contributed by atoms with Crippen LogP contribution in [0.1, 0.15) is 20.3 Å². The maximum absolute atomic E-state index is 12.3. The van der Waals surface area contributed by atoms with Crippen molar-refractivity contribution in [2.75, 3.05) is 45.3 Å². The maximum Gasteiger partial charge on any atom is 0.248 e. The summed E-state index contributed by atoms with van der Waals surface area (Å²) in [6.45, 7) is 5.86. The number of nitrogens with zero attached hydrogens (tertiary/aromatic N) is 1. The molecule has 0 aliphatic carbocycles. The summed E-state index contributed by atoms with van der Waals surface area (Å²) >= 11 is 0. The number of carbonyl (C=O) groups excluding carboxylic acids is 1. The summed E-state index contributed by atoms with van der Waals surface area (Å²) in [6.07, 6.45) is 0.635. The molecule has 7 heteroatoms. The molecule has 6 nitrogen and oxygen atoms in total. The molecule has 0 aromatic heterocycles. The Morgan fingerprint density at radius 3 is 2.50 bits per heavy atom. The second-order valence-electron chi connectivity index (χ2n) is 5.42. The van der Waals surface area contributed by atoms with Gasteiger partial charge in [0.15, 0.2) is 9.84 Å². The van der Waals surface area contributed by atoms with Gasteiger partial charge < -0.3 is 14.4 Å². The van der Waals surface area contributed by atoms with Crippen LogP contribution in [-0.2, 0) is 24.1 Å². The van der Waals surface area contributed by atoms with E-state index in [0.717, 1.165) is 0 Å². The van der Waals surface area contributed by atoms with Crippen molar-refractivity contribution in [2.24, 2.45) is 5.92 Å². The Morgan fingerprint density at radius 1 is 1.25 bits per heavy atom. The minimum absolute atomic E-state index is 0.00333. The number of hydrogen-bond acceptors (Lipinski definition) is 5. The lowest BCUT2D eigenvalue weighted by atomic mass is 9.83.